The Hall–Kier alpha value is -4.13. The predicted octanol–water partition coefficient (Wildman–Crippen LogP) is 2.29. The number of carbonyl (C=O) groups excluding carboxylic acids is 4. The number of rotatable bonds is 10. The van der Waals surface area contributed by atoms with Gasteiger partial charge in [0.05, 0.1) is 0 Å². The summed E-state index contributed by atoms with van der Waals surface area (Å²) in [6.45, 7) is 8.17. The topological polar surface area (TPSA) is 173 Å². The molecule has 13 heteroatoms. The number of phenols is 1. The number of ether oxygens (including phenoxy) is 6. The van der Waals surface area contributed by atoms with Gasteiger partial charge in [-0.1, -0.05) is 26.0 Å². The molecular formula is C27H34N2O11. The molecule has 1 aromatic heterocycles. The van der Waals surface area contributed by atoms with Crippen molar-refractivity contribution in [3.05, 3.63) is 41.1 Å². The SMILES string of the molecule is CC(=O)OC[C@H]1OC(Oc2n[nH]c(C(C)C)c2Cc2ccc(O)cc2)[C@H](OC(C)=O)[C@@H](OC(C)=O)[C@@H]1OC(C)=O. The first kappa shape index (κ1) is 30.4. The summed E-state index contributed by atoms with van der Waals surface area (Å²) in [4.78, 5) is 47.7. The van der Waals surface area contributed by atoms with Crippen LogP contribution in [0.25, 0.3) is 0 Å². The first-order valence-corrected chi connectivity index (χ1v) is 12.7. The van der Waals surface area contributed by atoms with E-state index in [1.807, 2.05) is 13.8 Å². The van der Waals surface area contributed by atoms with Gasteiger partial charge in [-0.15, -0.1) is 5.10 Å². The highest BCUT2D eigenvalue weighted by Gasteiger charge is 2.53. The number of aromatic amines is 1. The van der Waals surface area contributed by atoms with Crippen LogP contribution in [0.15, 0.2) is 24.3 Å². The Bertz CT molecular complexity index is 1210. The number of hydrogen-bond donors (Lipinski definition) is 2. The summed E-state index contributed by atoms with van der Waals surface area (Å²) in [6, 6.07) is 6.63. The second-order valence-corrected chi connectivity index (χ2v) is 9.60. The van der Waals surface area contributed by atoms with Gasteiger partial charge in [-0.05, 0) is 23.6 Å². The standard InChI is InChI=1S/C27H34N2O11/c1-13(2)22-20(11-18-7-9-19(34)10-8-18)26(29-28-22)40-27-25(38-17(6)33)24(37-16(5)32)23(36-15(4)31)21(39-27)12-35-14(3)30/h7-10,13,21,23-25,27,34H,11-12H2,1-6H3,(H,28,29)/t21-,23-,24+,25-,27?/m1/s1. The van der Waals surface area contributed by atoms with E-state index in [2.05, 4.69) is 10.2 Å². The van der Waals surface area contributed by atoms with Gasteiger partial charge in [0, 0.05) is 45.4 Å². The fraction of sp³-hybridized carbons (Fsp3) is 0.519. The van der Waals surface area contributed by atoms with Crippen molar-refractivity contribution in [3.8, 4) is 11.6 Å². The van der Waals surface area contributed by atoms with E-state index in [1.165, 1.54) is 6.92 Å². The monoisotopic (exact) mass is 562 g/mol. The zero-order chi connectivity index (χ0) is 29.6. The summed E-state index contributed by atoms with van der Waals surface area (Å²) in [5, 5.41) is 16.9. The van der Waals surface area contributed by atoms with Crippen LogP contribution in [0, 0.1) is 0 Å². The van der Waals surface area contributed by atoms with Crippen molar-refractivity contribution in [1.29, 1.82) is 0 Å². The molecule has 0 spiro atoms. The van der Waals surface area contributed by atoms with Gasteiger partial charge in [-0.25, -0.2) is 0 Å². The number of aromatic nitrogens is 2. The molecule has 1 aliphatic heterocycles. The van der Waals surface area contributed by atoms with Crippen LogP contribution < -0.4 is 4.74 Å². The maximum absolute atomic E-state index is 12.1. The van der Waals surface area contributed by atoms with E-state index in [0.717, 1.165) is 32.0 Å². The van der Waals surface area contributed by atoms with Gasteiger partial charge in [-0.3, -0.25) is 24.3 Å². The predicted molar refractivity (Wildman–Crippen MR) is 136 cm³/mol. The number of benzene rings is 1. The summed E-state index contributed by atoms with van der Waals surface area (Å²) < 4.78 is 33.6. The number of nitrogens with one attached hydrogen (secondary N) is 1. The number of nitrogens with zero attached hydrogens (tertiary/aromatic N) is 1. The van der Waals surface area contributed by atoms with Crippen molar-refractivity contribution in [2.45, 2.75) is 84.6 Å². The fourth-order valence-corrected chi connectivity index (χ4v) is 4.32. The van der Waals surface area contributed by atoms with E-state index >= 15 is 0 Å². The lowest BCUT2D eigenvalue weighted by atomic mass is 9.97. The Morgan fingerprint density at radius 2 is 1.48 bits per heavy atom. The van der Waals surface area contributed by atoms with Gasteiger partial charge in [0.2, 0.25) is 18.3 Å². The Balaban J connectivity index is 2.04. The Kier molecular flexibility index (Phi) is 10.1. The quantitative estimate of drug-likeness (QED) is 0.320. The van der Waals surface area contributed by atoms with Crippen molar-refractivity contribution in [3.63, 3.8) is 0 Å². The molecule has 5 atom stereocenters. The zero-order valence-electron chi connectivity index (χ0n) is 23.2. The minimum atomic E-state index is -1.41. The van der Waals surface area contributed by atoms with Crippen LogP contribution in [0.4, 0.5) is 0 Å². The van der Waals surface area contributed by atoms with Crippen LogP contribution in [-0.4, -0.2) is 76.5 Å². The minimum absolute atomic E-state index is 0.0207. The average Bonchev–Trinajstić information content (AvgIpc) is 3.24. The number of phenolic OH excluding ortho intramolecular Hbond substituents is 1. The molecule has 40 heavy (non-hydrogen) atoms. The van der Waals surface area contributed by atoms with Crippen molar-refractivity contribution in [1.82, 2.24) is 10.2 Å². The molecule has 3 rings (SSSR count). The number of esters is 4. The summed E-state index contributed by atoms with van der Waals surface area (Å²) in [5.74, 6) is -2.59. The van der Waals surface area contributed by atoms with Crippen molar-refractivity contribution >= 4 is 23.9 Å². The zero-order valence-corrected chi connectivity index (χ0v) is 23.2. The third kappa shape index (κ3) is 7.94. The van der Waals surface area contributed by atoms with Crippen LogP contribution in [-0.2, 0) is 49.3 Å². The molecule has 0 radical (unpaired) electrons. The van der Waals surface area contributed by atoms with Crippen LogP contribution in [0.3, 0.4) is 0 Å². The van der Waals surface area contributed by atoms with Crippen molar-refractivity contribution < 1.29 is 52.7 Å². The van der Waals surface area contributed by atoms with Crippen molar-refractivity contribution in [2.75, 3.05) is 6.61 Å². The molecule has 1 saturated heterocycles. The fourth-order valence-electron chi connectivity index (χ4n) is 4.32. The Morgan fingerprint density at radius 3 is 2.02 bits per heavy atom. The molecule has 1 unspecified atom stereocenters. The first-order chi connectivity index (χ1) is 18.8. The molecule has 0 amide bonds. The first-order valence-electron chi connectivity index (χ1n) is 12.7. The van der Waals surface area contributed by atoms with E-state index in [0.29, 0.717) is 12.0 Å². The molecule has 0 saturated carbocycles. The number of hydrogen-bond acceptors (Lipinski definition) is 12. The summed E-state index contributed by atoms with van der Waals surface area (Å²) in [5.41, 5.74) is 2.30. The second kappa shape index (κ2) is 13.3. The normalized spacial score (nSPS) is 22.3. The molecule has 13 nitrogen and oxygen atoms in total. The van der Waals surface area contributed by atoms with E-state index in [9.17, 15) is 24.3 Å². The maximum atomic E-state index is 12.1. The summed E-state index contributed by atoms with van der Waals surface area (Å²) >= 11 is 0. The van der Waals surface area contributed by atoms with E-state index in [1.54, 1.807) is 24.3 Å². The van der Waals surface area contributed by atoms with Gasteiger partial charge in [0.15, 0.2) is 12.2 Å². The van der Waals surface area contributed by atoms with Gasteiger partial charge in [-0.2, -0.15) is 0 Å². The Morgan fingerprint density at radius 1 is 0.900 bits per heavy atom. The smallest absolute Gasteiger partial charge is 0.303 e. The molecule has 1 aliphatic rings. The number of H-pyrrole nitrogens is 1. The van der Waals surface area contributed by atoms with Gasteiger partial charge in [0.25, 0.3) is 0 Å². The maximum Gasteiger partial charge on any atom is 0.303 e. The van der Waals surface area contributed by atoms with Crippen LogP contribution in [0.5, 0.6) is 11.6 Å². The van der Waals surface area contributed by atoms with Gasteiger partial charge in [0.1, 0.15) is 18.5 Å². The number of aromatic hydroxyl groups is 1. The Labute approximate surface area is 231 Å². The summed E-state index contributed by atoms with van der Waals surface area (Å²) in [6.07, 6.45) is -6.26. The molecule has 218 valence electrons. The van der Waals surface area contributed by atoms with Crippen LogP contribution >= 0.6 is 0 Å². The van der Waals surface area contributed by atoms with E-state index in [4.69, 9.17) is 28.4 Å². The van der Waals surface area contributed by atoms with Gasteiger partial charge >= 0.3 is 23.9 Å². The van der Waals surface area contributed by atoms with Crippen LogP contribution in [0.2, 0.25) is 0 Å². The third-order valence-electron chi connectivity index (χ3n) is 5.93. The lowest BCUT2D eigenvalue weighted by Crippen LogP contribution is -2.63. The molecule has 0 bridgehead atoms. The largest absolute Gasteiger partial charge is 0.508 e. The van der Waals surface area contributed by atoms with Gasteiger partial charge < -0.3 is 33.5 Å². The van der Waals surface area contributed by atoms with Crippen molar-refractivity contribution in [2.24, 2.45) is 0 Å². The van der Waals surface area contributed by atoms with E-state index < -0.39 is 54.6 Å². The highest BCUT2D eigenvalue weighted by atomic mass is 16.7. The molecular weight excluding hydrogens is 528 g/mol. The average molecular weight is 563 g/mol. The highest BCUT2D eigenvalue weighted by molar-refractivity contribution is 5.68. The minimum Gasteiger partial charge on any atom is -0.508 e. The molecule has 1 aromatic carbocycles. The lowest BCUT2D eigenvalue weighted by molar-refractivity contribution is -0.289. The molecule has 2 N–H and O–H groups in total. The second-order valence-electron chi connectivity index (χ2n) is 9.60. The molecule has 0 aliphatic carbocycles. The van der Waals surface area contributed by atoms with E-state index in [-0.39, 0.29) is 24.2 Å². The van der Waals surface area contributed by atoms with Crippen LogP contribution in [0.1, 0.15) is 64.3 Å². The highest BCUT2D eigenvalue weighted by Crippen LogP contribution is 2.34. The number of carbonyl (C=O) groups is 4. The summed E-state index contributed by atoms with van der Waals surface area (Å²) in [7, 11) is 0. The molecule has 2 heterocycles. The third-order valence-corrected chi connectivity index (χ3v) is 5.93. The molecule has 1 fully saturated rings. The molecule has 2 aromatic rings. The lowest BCUT2D eigenvalue weighted by Gasteiger charge is -2.43.